The average molecular weight is 486 g/mol. The number of aromatic nitrogens is 3. The summed E-state index contributed by atoms with van der Waals surface area (Å²) in [5.41, 5.74) is 8.48. The Labute approximate surface area is 197 Å². The molecule has 35 heavy (non-hydrogen) atoms. The van der Waals surface area contributed by atoms with Gasteiger partial charge in [-0.3, -0.25) is 4.52 Å². The maximum absolute atomic E-state index is 12.9. The summed E-state index contributed by atoms with van der Waals surface area (Å²) >= 11 is 0. The van der Waals surface area contributed by atoms with Crippen molar-refractivity contribution in [2.45, 2.75) is 26.1 Å². The van der Waals surface area contributed by atoms with E-state index in [-0.39, 0.29) is 18.1 Å². The van der Waals surface area contributed by atoms with Crippen molar-refractivity contribution in [1.82, 2.24) is 10.4 Å². The largest absolute Gasteiger partial charge is 0.846 e. The summed E-state index contributed by atoms with van der Waals surface area (Å²) in [6, 6.07) is 10.5. The molecule has 0 aliphatic heterocycles. The third-order valence-corrected chi connectivity index (χ3v) is 5.28. The lowest BCUT2D eigenvalue weighted by atomic mass is 10.00. The molecule has 4 aromatic rings. The van der Waals surface area contributed by atoms with E-state index < -0.39 is 23.8 Å². The Morgan fingerprint density at radius 2 is 1.91 bits per heavy atom. The number of nitrogens with one attached hydrogen (secondary N) is 1. The van der Waals surface area contributed by atoms with Gasteiger partial charge in [-0.25, -0.2) is 4.99 Å². The minimum Gasteiger partial charge on any atom is -0.846 e. The highest BCUT2D eigenvalue weighted by molar-refractivity contribution is 5.87. The molecule has 0 fully saturated rings. The van der Waals surface area contributed by atoms with E-state index in [4.69, 9.17) is 14.8 Å². The van der Waals surface area contributed by atoms with Gasteiger partial charge in [-0.15, -0.1) is 0 Å². The molecule has 182 valence electrons. The number of aliphatic imine (C=N–C) groups is 1. The third-order valence-electron chi connectivity index (χ3n) is 5.28. The second-order valence-corrected chi connectivity index (χ2v) is 7.71. The number of hydrogen-bond acceptors (Lipinski definition) is 7. The Balaban J connectivity index is 1.50. The van der Waals surface area contributed by atoms with E-state index in [0.29, 0.717) is 5.76 Å². The molecule has 0 aliphatic carbocycles. The molecule has 0 amide bonds. The van der Waals surface area contributed by atoms with Crippen LogP contribution in [0.2, 0.25) is 0 Å². The van der Waals surface area contributed by atoms with E-state index in [1.807, 2.05) is 38.1 Å². The summed E-state index contributed by atoms with van der Waals surface area (Å²) in [6.45, 7) is 3.88. The summed E-state index contributed by atoms with van der Waals surface area (Å²) in [4.78, 5) is 3.71. The van der Waals surface area contributed by atoms with Crippen LogP contribution in [0.1, 0.15) is 28.6 Å². The van der Waals surface area contributed by atoms with Gasteiger partial charge in [0.15, 0.2) is 0 Å². The molecule has 0 saturated carbocycles. The maximum atomic E-state index is 12.9. The van der Waals surface area contributed by atoms with Crippen molar-refractivity contribution in [2.24, 2.45) is 10.7 Å². The van der Waals surface area contributed by atoms with Gasteiger partial charge in [-0.2, -0.15) is 13.2 Å². The molecule has 2 aromatic heterocycles. The van der Waals surface area contributed by atoms with Crippen LogP contribution in [0.15, 0.2) is 68.8 Å². The Morgan fingerprint density at radius 3 is 2.54 bits per heavy atom. The number of aryl methyl sites for hydroxylation is 2. The van der Waals surface area contributed by atoms with Gasteiger partial charge in [0, 0.05) is 16.8 Å². The quantitative estimate of drug-likeness (QED) is 0.243. The lowest BCUT2D eigenvalue weighted by Gasteiger charge is -2.14. The smallest absolute Gasteiger partial charge is 0.416 e. The van der Waals surface area contributed by atoms with Crippen LogP contribution in [-0.2, 0) is 6.18 Å². The average Bonchev–Trinajstić information content (AvgIpc) is 3.40. The summed E-state index contributed by atoms with van der Waals surface area (Å²) in [5, 5.41) is 22.3. The molecule has 12 heteroatoms. The van der Waals surface area contributed by atoms with E-state index in [9.17, 15) is 18.3 Å². The van der Waals surface area contributed by atoms with Gasteiger partial charge < -0.3 is 20.7 Å². The van der Waals surface area contributed by atoms with Crippen molar-refractivity contribution in [2.75, 3.05) is 11.9 Å². The molecule has 0 spiro atoms. The molecular formula is C23H21F3N6O3. The molecule has 1 atom stereocenters. The summed E-state index contributed by atoms with van der Waals surface area (Å²) in [7, 11) is 0. The molecule has 0 unspecified atom stereocenters. The van der Waals surface area contributed by atoms with Crippen molar-refractivity contribution >= 4 is 17.6 Å². The molecule has 9 nitrogen and oxygen atoms in total. The third kappa shape index (κ3) is 5.32. The number of anilines is 1. The molecule has 0 aliphatic rings. The van der Waals surface area contributed by atoms with E-state index in [1.54, 1.807) is 0 Å². The highest BCUT2D eigenvalue weighted by Crippen LogP contribution is 2.31. The highest BCUT2D eigenvalue weighted by atomic mass is 19.4. The fraction of sp³-hybridized carbons (Fsp3) is 0.217. The number of hydrogen-bond donors (Lipinski definition) is 2. The second-order valence-electron chi connectivity index (χ2n) is 7.71. The minimum absolute atomic E-state index is 0.0563. The number of nitrogens with zero attached hydrogens (tertiary/aromatic N) is 4. The van der Waals surface area contributed by atoms with E-state index in [2.05, 4.69) is 20.7 Å². The standard InChI is InChI=1S/C23H21F3N6O3/c1-13-21(14(2)34-30-13)16-8-6-15(7-9-16)19(11-27)32-12-20(35-31-32)29-22(33)28-18-5-3-4-17(10-18)23(24,25)26/h3-10,12,19H,11,27H2,1-2H3,(H-,28,29,31,33)/t19-/m1/s1. The second kappa shape index (κ2) is 9.58. The van der Waals surface area contributed by atoms with Crippen molar-refractivity contribution < 1.29 is 32.0 Å². The monoisotopic (exact) mass is 486 g/mol. The predicted octanol–water partition coefficient (Wildman–Crippen LogP) is 3.26. The Bertz CT molecular complexity index is 1330. The van der Waals surface area contributed by atoms with Crippen LogP contribution in [0, 0.1) is 13.8 Å². The highest BCUT2D eigenvalue weighted by Gasteiger charge is 2.30. The van der Waals surface area contributed by atoms with Crippen LogP contribution in [0.25, 0.3) is 11.1 Å². The van der Waals surface area contributed by atoms with E-state index >= 15 is 0 Å². The van der Waals surface area contributed by atoms with Crippen LogP contribution in [0.3, 0.4) is 0 Å². The number of benzene rings is 2. The van der Waals surface area contributed by atoms with Gasteiger partial charge in [0.1, 0.15) is 5.76 Å². The van der Waals surface area contributed by atoms with Crippen molar-refractivity contribution in [1.29, 1.82) is 0 Å². The van der Waals surface area contributed by atoms with Gasteiger partial charge in [-0.05, 0) is 42.3 Å². The first-order valence-electron chi connectivity index (χ1n) is 10.5. The fourth-order valence-corrected chi connectivity index (χ4v) is 3.63. The molecular weight excluding hydrogens is 465 g/mol. The van der Waals surface area contributed by atoms with Gasteiger partial charge in [0.25, 0.3) is 6.20 Å². The number of nitrogens with two attached hydrogens (primary N) is 1. The Hall–Kier alpha value is -4.19. The number of rotatable bonds is 6. The lowest BCUT2D eigenvalue weighted by Crippen LogP contribution is -2.45. The topological polar surface area (TPSA) is 129 Å². The van der Waals surface area contributed by atoms with Gasteiger partial charge in [0.2, 0.25) is 11.3 Å². The lowest BCUT2D eigenvalue weighted by molar-refractivity contribution is -0.775. The van der Waals surface area contributed by atoms with E-state index in [1.165, 1.54) is 23.0 Å². The summed E-state index contributed by atoms with van der Waals surface area (Å²) in [6.07, 6.45) is -3.15. The van der Waals surface area contributed by atoms with Crippen molar-refractivity contribution in [3.8, 4) is 11.1 Å². The zero-order valence-corrected chi connectivity index (χ0v) is 18.7. The van der Waals surface area contributed by atoms with Gasteiger partial charge in [-0.1, -0.05) is 35.5 Å². The van der Waals surface area contributed by atoms with E-state index in [0.717, 1.165) is 34.5 Å². The normalized spacial score (nSPS) is 13.1. The Morgan fingerprint density at radius 1 is 1.17 bits per heavy atom. The molecule has 2 aromatic carbocycles. The predicted molar refractivity (Wildman–Crippen MR) is 117 cm³/mol. The van der Waals surface area contributed by atoms with Crippen LogP contribution in [0.5, 0.6) is 0 Å². The molecule has 0 bridgehead atoms. The minimum atomic E-state index is -4.53. The van der Waals surface area contributed by atoms with Crippen LogP contribution in [0.4, 0.5) is 24.7 Å². The van der Waals surface area contributed by atoms with Gasteiger partial charge in [0.05, 0.1) is 23.8 Å². The molecule has 0 radical (unpaired) electrons. The van der Waals surface area contributed by atoms with Crippen LogP contribution < -0.4 is 20.8 Å². The zero-order valence-electron chi connectivity index (χ0n) is 18.7. The van der Waals surface area contributed by atoms with Crippen molar-refractivity contribution in [3.63, 3.8) is 0 Å². The SMILES string of the molecule is Cc1noc(C)c1-c1ccc([C@@H](CN)[n+]2cc(N=C([O-])Nc3cccc(C(F)(F)F)c3)on2)cc1. The van der Waals surface area contributed by atoms with Crippen LogP contribution >= 0.6 is 0 Å². The zero-order chi connectivity index (χ0) is 25.2. The molecule has 0 saturated heterocycles. The summed E-state index contributed by atoms with van der Waals surface area (Å²) in [5.74, 6) is 0.575. The summed E-state index contributed by atoms with van der Waals surface area (Å²) < 4.78 is 50.3. The van der Waals surface area contributed by atoms with Gasteiger partial charge >= 0.3 is 12.1 Å². The van der Waals surface area contributed by atoms with Crippen molar-refractivity contribution in [3.05, 3.63) is 77.3 Å². The Kier molecular flexibility index (Phi) is 6.56. The number of halogens is 3. The first kappa shape index (κ1) is 24.0. The first-order chi connectivity index (χ1) is 16.7. The van der Waals surface area contributed by atoms with Crippen LogP contribution in [-0.4, -0.2) is 23.0 Å². The molecule has 2 heterocycles. The molecule has 4 rings (SSSR count). The maximum Gasteiger partial charge on any atom is 0.416 e. The molecule has 3 N–H and O–H groups in total. The number of amidine groups is 1. The first-order valence-corrected chi connectivity index (χ1v) is 10.5. The fourth-order valence-electron chi connectivity index (χ4n) is 3.63. The number of alkyl halides is 3.